The van der Waals surface area contributed by atoms with Crippen molar-refractivity contribution in [3.8, 4) is 0 Å². The molecule has 5 nitrogen and oxygen atoms in total. The highest BCUT2D eigenvalue weighted by Crippen LogP contribution is 2.19. The average molecular weight is 378 g/mol. The van der Waals surface area contributed by atoms with E-state index < -0.39 is 0 Å². The zero-order valence-corrected chi connectivity index (χ0v) is 15.5. The molecular formula is C21H20ClN5. The van der Waals surface area contributed by atoms with Crippen molar-refractivity contribution in [2.45, 2.75) is 13.0 Å². The average Bonchev–Trinajstić information content (AvgIpc) is 3.11. The van der Waals surface area contributed by atoms with Crippen LogP contribution in [0.1, 0.15) is 11.1 Å². The van der Waals surface area contributed by atoms with Gasteiger partial charge in [-0.2, -0.15) is 4.98 Å². The number of hydrogen-bond acceptors (Lipinski definition) is 4. The third-order valence-corrected chi connectivity index (χ3v) is 4.79. The van der Waals surface area contributed by atoms with Crippen LogP contribution in [0.2, 0.25) is 5.02 Å². The Morgan fingerprint density at radius 1 is 0.926 bits per heavy atom. The molecule has 0 unspecified atom stereocenters. The summed E-state index contributed by atoms with van der Waals surface area (Å²) in [5.74, 6) is 1.37. The lowest BCUT2D eigenvalue weighted by Crippen LogP contribution is -2.09. The van der Waals surface area contributed by atoms with Gasteiger partial charge < -0.3 is 15.6 Å². The molecule has 0 spiro atoms. The number of hydrogen-bond donors (Lipinski definition) is 3. The van der Waals surface area contributed by atoms with Gasteiger partial charge in [-0.1, -0.05) is 48.0 Å². The van der Waals surface area contributed by atoms with Gasteiger partial charge in [0.25, 0.3) is 0 Å². The normalized spacial score (nSPS) is 10.9. The molecular weight excluding hydrogens is 358 g/mol. The second-order valence-corrected chi connectivity index (χ2v) is 6.65. The monoisotopic (exact) mass is 377 g/mol. The second-order valence-electron chi connectivity index (χ2n) is 6.25. The van der Waals surface area contributed by atoms with Crippen LogP contribution in [0.3, 0.4) is 0 Å². The van der Waals surface area contributed by atoms with Crippen molar-refractivity contribution in [1.29, 1.82) is 0 Å². The number of nitrogens with one attached hydrogen (secondary N) is 3. The molecule has 0 aliphatic carbocycles. The molecule has 2 aromatic heterocycles. The molecule has 27 heavy (non-hydrogen) atoms. The van der Waals surface area contributed by atoms with Crippen LogP contribution in [0.15, 0.2) is 67.0 Å². The van der Waals surface area contributed by atoms with E-state index in [2.05, 4.69) is 50.0 Å². The molecule has 136 valence electrons. The Morgan fingerprint density at radius 2 is 1.78 bits per heavy atom. The molecule has 0 saturated heterocycles. The van der Waals surface area contributed by atoms with E-state index in [0.717, 1.165) is 29.4 Å². The Morgan fingerprint density at radius 3 is 2.70 bits per heavy atom. The third kappa shape index (κ3) is 4.20. The first-order valence-corrected chi connectivity index (χ1v) is 9.26. The lowest BCUT2D eigenvalue weighted by atomic mass is 10.1. The quantitative estimate of drug-likeness (QED) is 0.429. The Labute approximate surface area is 162 Å². The van der Waals surface area contributed by atoms with Crippen LogP contribution in [-0.2, 0) is 13.0 Å². The van der Waals surface area contributed by atoms with Crippen molar-refractivity contribution in [3.05, 3.63) is 83.1 Å². The van der Waals surface area contributed by atoms with Gasteiger partial charge in [-0.05, 0) is 35.7 Å². The Hall–Kier alpha value is -3.05. The summed E-state index contributed by atoms with van der Waals surface area (Å²) in [4.78, 5) is 12.1. The SMILES string of the molecule is Clc1ccccc1CNc1nccc(NCCc2c[nH]c3ccccc23)n1. The maximum absolute atomic E-state index is 6.18. The van der Waals surface area contributed by atoms with Crippen LogP contribution in [0.4, 0.5) is 11.8 Å². The van der Waals surface area contributed by atoms with E-state index in [1.54, 1.807) is 6.20 Å². The number of rotatable bonds is 7. The van der Waals surface area contributed by atoms with Crippen molar-refractivity contribution in [2.75, 3.05) is 17.2 Å². The number of aromatic nitrogens is 3. The van der Waals surface area contributed by atoms with Gasteiger partial charge in [-0.25, -0.2) is 4.98 Å². The molecule has 0 amide bonds. The van der Waals surface area contributed by atoms with E-state index in [-0.39, 0.29) is 0 Å². The standard InChI is InChI=1S/C21H20ClN5/c22-18-7-3-1-5-16(18)14-26-21-24-12-10-20(27-21)23-11-9-15-13-25-19-8-4-2-6-17(15)19/h1-8,10,12-13,25H,9,11,14H2,(H2,23,24,26,27). The highest BCUT2D eigenvalue weighted by molar-refractivity contribution is 6.31. The molecule has 0 aliphatic heterocycles. The van der Waals surface area contributed by atoms with Crippen molar-refractivity contribution < 1.29 is 0 Å². The summed E-state index contributed by atoms with van der Waals surface area (Å²) in [5, 5.41) is 8.59. The minimum atomic E-state index is 0.576. The lowest BCUT2D eigenvalue weighted by molar-refractivity contribution is 0.997. The summed E-state index contributed by atoms with van der Waals surface area (Å²) in [5.41, 5.74) is 3.48. The van der Waals surface area contributed by atoms with E-state index in [1.807, 2.05) is 36.4 Å². The van der Waals surface area contributed by atoms with Gasteiger partial charge in [0.2, 0.25) is 5.95 Å². The fourth-order valence-electron chi connectivity index (χ4n) is 3.02. The number of benzene rings is 2. The van der Waals surface area contributed by atoms with Crippen LogP contribution in [0.5, 0.6) is 0 Å². The number of anilines is 2. The molecule has 3 N–H and O–H groups in total. The van der Waals surface area contributed by atoms with Gasteiger partial charge in [0, 0.05) is 41.4 Å². The summed E-state index contributed by atoms with van der Waals surface area (Å²) in [6, 6.07) is 18.0. The highest BCUT2D eigenvalue weighted by Gasteiger charge is 2.04. The van der Waals surface area contributed by atoms with Gasteiger partial charge >= 0.3 is 0 Å². The highest BCUT2D eigenvalue weighted by atomic mass is 35.5. The fraction of sp³-hybridized carbons (Fsp3) is 0.143. The molecule has 0 atom stereocenters. The Balaban J connectivity index is 1.34. The largest absolute Gasteiger partial charge is 0.370 e. The van der Waals surface area contributed by atoms with Crippen molar-refractivity contribution in [3.63, 3.8) is 0 Å². The van der Waals surface area contributed by atoms with Gasteiger partial charge in [0.15, 0.2) is 0 Å². The molecule has 0 fully saturated rings. The number of H-pyrrole nitrogens is 1. The van der Waals surface area contributed by atoms with Crippen LogP contribution in [0, 0.1) is 0 Å². The number of halogens is 1. The molecule has 0 bridgehead atoms. The van der Waals surface area contributed by atoms with Gasteiger partial charge in [0.05, 0.1) is 0 Å². The minimum absolute atomic E-state index is 0.576. The summed E-state index contributed by atoms with van der Waals surface area (Å²) in [6.07, 6.45) is 4.73. The van der Waals surface area contributed by atoms with Crippen molar-refractivity contribution in [2.24, 2.45) is 0 Å². The number of aromatic amines is 1. The lowest BCUT2D eigenvalue weighted by Gasteiger charge is -2.09. The first kappa shape index (κ1) is 17.4. The molecule has 0 aliphatic rings. The molecule has 2 heterocycles. The first-order valence-electron chi connectivity index (χ1n) is 8.89. The van der Waals surface area contributed by atoms with Crippen molar-refractivity contribution >= 4 is 34.3 Å². The predicted molar refractivity (Wildman–Crippen MR) is 111 cm³/mol. The molecule has 4 rings (SSSR count). The number of nitrogens with zero attached hydrogens (tertiary/aromatic N) is 2. The number of para-hydroxylation sites is 1. The zero-order valence-electron chi connectivity index (χ0n) is 14.7. The summed E-state index contributed by atoms with van der Waals surface area (Å²) >= 11 is 6.18. The zero-order chi connectivity index (χ0) is 18.5. The smallest absolute Gasteiger partial charge is 0.224 e. The molecule has 2 aromatic carbocycles. The van der Waals surface area contributed by atoms with Crippen LogP contribution >= 0.6 is 11.6 Å². The van der Waals surface area contributed by atoms with Gasteiger partial charge in [-0.15, -0.1) is 0 Å². The maximum Gasteiger partial charge on any atom is 0.224 e. The Bertz CT molecular complexity index is 1040. The van der Waals surface area contributed by atoms with Crippen molar-refractivity contribution in [1.82, 2.24) is 15.0 Å². The van der Waals surface area contributed by atoms with E-state index >= 15 is 0 Å². The molecule has 0 radical (unpaired) electrons. The molecule has 4 aromatic rings. The van der Waals surface area contributed by atoms with E-state index in [4.69, 9.17) is 11.6 Å². The molecule has 0 saturated carbocycles. The topological polar surface area (TPSA) is 65.6 Å². The van der Waals surface area contributed by atoms with E-state index in [0.29, 0.717) is 12.5 Å². The van der Waals surface area contributed by atoms with E-state index in [1.165, 1.54) is 16.5 Å². The first-order chi connectivity index (χ1) is 13.3. The summed E-state index contributed by atoms with van der Waals surface area (Å²) in [7, 11) is 0. The number of fused-ring (bicyclic) bond motifs is 1. The minimum Gasteiger partial charge on any atom is -0.370 e. The second kappa shape index (κ2) is 8.10. The van der Waals surface area contributed by atoms with Crippen LogP contribution in [0.25, 0.3) is 10.9 Å². The predicted octanol–water partition coefficient (Wildman–Crippen LogP) is 4.88. The summed E-state index contributed by atoms with van der Waals surface area (Å²) in [6.45, 7) is 1.38. The van der Waals surface area contributed by atoms with Crippen LogP contribution < -0.4 is 10.6 Å². The molecule has 6 heteroatoms. The summed E-state index contributed by atoms with van der Waals surface area (Å²) < 4.78 is 0. The Kier molecular flexibility index (Phi) is 5.21. The van der Waals surface area contributed by atoms with E-state index in [9.17, 15) is 0 Å². The van der Waals surface area contributed by atoms with Gasteiger partial charge in [0.1, 0.15) is 5.82 Å². The maximum atomic E-state index is 6.18. The van der Waals surface area contributed by atoms with Crippen LogP contribution in [-0.4, -0.2) is 21.5 Å². The van der Waals surface area contributed by atoms with Gasteiger partial charge in [-0.3, -0.25) is 0 Å². The fourth-order valence-corrected chi connectivity index (χ4v) is 3.22. The third-order valence-electron chi connectivity index (χ3n) is 4.43.